The summed E-state index contributed by atoms with van der Waals surface area (Å²) in [5.74, 6) is -0.685. The quantitative estimate of drug-likeness (QED) is 0.518. The van der Waals surface area contributed by atoms with Crippen LogP contribution in [0.2, 0.25) is 0 Å². The van der Waals surface area contributed by atoms with Gasteiger partial charge < -0.3 is 26.4 Å². The Balaban J connectivity index is 2.54. The molecule has 21 heavy (non-hydrogen) atoms. The number of hydrogen-bond acceptors (Lipinski definition) is 5. The Bertz CT molecular complexity index is 462. The monoisotopic (exact) mass is 294 g/mol. The van der Waals surface area contributed by atoms with E-state index in [-0.39, 0.29) is 31.5 Å². The van der Waals surface area contributed by atoms with Gasteiger partial charge in [-0.3, -0.25) is 9.59 Å². The van der Waals surface area contributed by atoms with Crippen LogP contribution in [0.25, 0.3) is 0 Å². The first-order valence-electron chi connectivity index (χ1n) is 6.83. The van der Waals surface area contributed by atoms with Gasteiger partial charge in [0.05, 0.1) is 19.7 Å². The second kappa shape index (κ2) is 8.93. The van der Waals surface area contributed by atoms with E-state index in [1.807, 2.05) is 24.0 Å². The molecule has 0 aliphatic heterocycles. The Hall–Kier alpha value is -2.12. The van der Waals surface area contributed by atoms with Gasteiger partial charge in [0, 0.05) is 24.5 Å². The average Bonchev–Trinajstić information content (AvgIpc) is 2.51. The van der Waals surface area contributed by atoms with Gasteiger partial charge in [-0.05, 0) is 31.2 Å². The van der Waals surface area contributed by atoms with Crippen molar-refractivity contribution in [3.8, 4) is 0 Å². The number of nitrogens with zero attached hydrogens (tertiary/aromatic N) is 1. The van der Waals surface area contributed by atoms with Crippen LogP contribution in [-0.4, -0.2) is 49.7 Å². The summed E-state index contributed by atoms with van der Waals surface area (Å²) in [7, 11) is 0. The lowest BCUT2D eigenvalue weighted by Crippen LogP contribution is -2.36. The summed E-state index contributed by atoms with van der Waals surface area (Å²) in [5, 5.41) is 14.1. The molecule has 0 bridgehead atoms. The highest BCUT2D eigenvalue weighted by Gasteiger charge is 2.06. The van der Waals surface area contributed by atoms with Gasteiger partial charge in [-0.2, -0.15) is 0 Å². The van der Waals surface area contributed by atoms with E-state index in [0.29, 0.717) is 12.2 Å². The van der Waals surface area contributed by atoms with E-state index in [1.165, 1.54) is 0 Å². The lowest BCUT2D eigenvalue weighted by molar-refractivity contribution is -0.123. The summed E-state index contributed by atoms with van der Waals surface area (Å²) in [6.45, 7) is 3.20. The van der Waals surface area contributed by atoms with E-state index in [1.54, 1.807) is 12.1 Å². The highest BCUT2D eigenvalue weighted by molar-refractivity contribution is 5.94. The molecular weight excluding hydrogens is 272 g/mol. The fourth-order valence-corrected chi connectivity index (χ4v) is 1.80. The van der Waals surface area contributed by atoms with Crippen molar-refractivity contribution in [1.82, 2.24) is 5.32 Å². The van der Waals surface area contributed by atoms with Crippen LogP contribution >= 0.6 is 0 Å². The summed E-state index contributed by atoms with van der Waals surface area (Å²) in [6.07, 6.45) is 0. The van der Waals surface area contributed by atoms with Crippen molar-refractivity contribution in [2.45, 2.75) is 6.92 Å². The van der Waals surface area contributed by atoms with Crippen LogP contribution in [0.1, 0.15) is 6.92 Å². The first kappa shape index (κ1) is 16.9. The normalized spacial score (nSPS) is 10.0. The molecule has 0 unspecified atom stereocenters. The zero-order valence-corrected chi connectivity index (χ0v) is 12.1. The van der Waals surface area contributed by atoms with Crippen molar-refractivity contribution in [3.63, 3.8) is 0 Å². The smallest absolute Gasteiger partial charge is 0.243 e. The number of aliphatic hydroxyl groups is 1. The maximum atomic E-state index is 11.6. The number of nitrogens with two attached hydrogens (primary N) is 1. The molecule has 5 N–H and O–H groups in total. The number of nitrogens with one attached hydrogen (secondary N) is 2. The van der Waals surface area contributed by atoms with Crippen molar-refractivity contribution >= 4 is 23.2 Å². The predicted molar refractivity (Wildman–Crippen MR) is 82.1 cm³/mol. The second-order valence-electron chi connectivity index (χ2n) is 4.38. The van der Waals surface area contributed by atoms with E-state index in [4.69, 9.17) is 10.8 Å². The Morgan fingerprint density at radius 1 is 1.24 bits per heavy atom. The number of likely N-dealkylation sites (N-methyl/N-ethyl adjacent to an activating group) is 1. The number of anilines is 2. The predicted octanol–water partition coefficient (Wildman–Crippen LogP) is -0.481. The zero-order chi connectivity index (χ0) is 15.7. The summed E-state index contributed by atoms with van der Waals surface area (Å²) in [5.41, 5.74) is 6.74. The van der Waals surface area contributed by atoms with Crippen LogP contribution in [0.4, 0.5) is 11.4 Å². The minimum atomic E-state index is -0.372. The van der Waals surface area contributed by atoms with Gasteiger partial charge in [-0.15, -0.1) is 0 Å². The molecule has 0 fully saturated rings. The molecule has 7 heteroatoms. The Kier molecular flexibility index (Phi) is 7.20. The Morgan fingerprint density at radius 2 is 1.90 bits per heavy atom. The molecule has 116 valence electrons. The van der Waals surface area contributed by atoms with Crippen molar-refractivity contribution in [1.29, 1.82) is 0 Å². The fourth-order valence-electron chi connectivity index (χ4n) is 1.80. The van der Waals surface area contributed by atoms with Gasteiger partial charge >= 0.3 is 0 Å². The number of carbonyl (C=O) groups is 2. The van der Waals surface area contributed by atoms with Gasteiger partial charge in [-0.25, -0.2) is 0 Å². The number of amides is 2. The molecule has 1 aromatic carbocycles. The molecule has 0 radical (unpaired) electrons. The van der Waals surface area contributed by atoms with Crippen LogP contribution in [-0.2, 0) is 9.59 Å². The first-order valence-corrected chi connectivity index (χ1v) is 6.83. The minimum absolute atomic E-state index is 0.0904. The third kappa shape index (κ3) is 5.80. The number of carbonyl (C=O) groups excluding carboxylic acids is 2. The summed E-state index contributed by atoms with van der Waals surface area (Å²) in [4.78, 5) is 24.6. The molecule has 0 aromatic heterocycles. The zero-order valence-electron chi connectivity index (χ0n) is 12.1. The second-order valence-corrected chi connectivity index (χ2v) is 4.38. The van der Waals surface area contributed by atoms with E-state index in [9.17, 15) is 9.59 Å². The van der Waals surface area contributed by atoms with Gasteiger partial charge in [0.1, 0.15) is 0 Å². The first-order chi connectivity index (χ1) is 10.1. The third-order valence-electron chi connectivity index (χ3n) is 2.90. The standard InChI is InChI=1S/C14H22N4O3/c1-2-18(7-8-19)12-5-3-11(4-6-12)17-14(21)10-16-13(20)9-15/h3-6,19H,2,7-10,15H2,1H3,(H,16,20)(H,17,21). The summed E-state index contributed by atoms with van der Waals surface area (Å²) >= 11 is 0. The molecule has 0 heterocycles. The number of rotatable bonds is 8. The number of aliphatic hydroxyl groups excluding tert-OH is 1. The molecular formula is C14H22N4O3. The van der Waals surface area contributed by atoms with E-state index < -0.39 is 0 Å². The SMILES string of the molecule is CCN(CCO)c1ccc(NC(=O)CNC(=O)CN)cc1. The maximum absolute atomic E-state index is 11.6. The van der Waals surface area contributed by atoms with E-state index >= 15 is 0 Å². The molecule has 0 atom stereocenters. The summed E-state index contributed by atoms with van der Waals surface area (Å²) in [6, 6.07) is 7.29. The fraction of sp³-hybridized carbons (Fsp3) is 0.429. The average molecular weight is 294 g/mol. The van der Waals surface area contributed by atoms with E-state index in [0.717, 1.165) is 12.2 Å². The molecule has 1 aromatic rings. The van der Waals surface area contributed by atoms with Gasteiger partial charge in [0.25, 0.3) is 0 Å². The lowest BCUT2D eigenvalue weighted by Gasteiger charge is -2.22. The number of benzene rings is 1. The van der Waals surface area contributed by atoms with Gasteiger partial charge in [0.15, 0.2) is 0 Å². The molecule has 1 rings (SSSR count). The number of hydrogen-bond donors (Lipinski definition) is 4. The molecule has 0 spiro atoms. The topological polar surface area (TPSA) is 108 Å². The lowest BCUT2D eigenvalue weighted by atomic mass is 10.2. The van der Waals surface area contributed by atoms with Gasteiger partial charge in [0.2, 0.25) is 11.8 Å². The molecule has 0 aliphatic carbocycles. The van der Waals surface area contributed by atoms with E-state index in [2.05, 4.69) is 10.6 Å². The Morgan fingerprint density at radius 3 is 2.43 bits per heavy atom. The highest BCUT2D eigenvalue weighted by atomic mass is 16.3. The van der Waals surface area contributed by atoms with Crippen LogP contribution in [0.5, 0.6) is 0 Å². The minimum Gasteiger partial charge on any atom is -0.395 e. The van der Waals surface area contributed by atoms with Crippen molar-refractivity contribution < 1.29 is 14.7 Å². The summed E-state index contributed by atoms with van der Waals surface area (Å²) < 4.78 is 0. The maximum Gasteiger partial charge on any atom is 0.243 e. The molecule has 0 saturated carbocycles. The molecule has 2 amide bonds. The van der Waals surface area contributed by atoms with Crippen molar-refractivity contribution in [2.75, 3.05) is 43.0 Å². The molecule has 7 nitrogen and oxygen atoms in total. The van der Waals surface area contributed by atoms with Crippen LogP contribution in [0.15, 0.2) is 24.3 Å². The van der Waals surface area contributed by atoms with Gasteiger partial charge in [-0.1, -0.05) is 0 Å². The molecule has 0 aliphatic rings. The van der Waals surface area contributed by atoms with Crippen molar-refractivity contribution in [3.05, 3.63) is 24.3 Å². The van der Waals surface area contributed by atoms with Crippen molar-refractivity contribution in [2.24, 2.45) is 5.73 Å². The molecule has 0 saturated heterocycles. The highest BCUT2D eigenvalue weighted by Crippen LogP contribution is 2.17. The third-order valence-corrected chi connectivity index (χ3v) is 2.90. The Labute approximate surface area is 124 Å². The van der Waals surface area contributed by atoms with Crippen LogP contribution in [0.3, 0.4) is 0 Å². The van der Waals surface area contributed by atoms with Crippen LogP contribution in [0, 0.1) is 0 Å². The van der Waals surface area contributed by atoms with Crippen LogP contribution < -0.4 is 21.3 Å². The largest absolute Gasteiger partial charge is 0.395 e.